The molecule has 27 heavy (non-hydrogen) atoms. The molecule has 142 valence electrons. The topological polar surface area (TPSA) is 88.2 Å². The highest BCUT2D eigenvalue weighted by Crippen LogP contribution is 2.34. The Bertz CT molecular complexity index is 941. The maximum Gasteiger partial charge on any atom is 0.321 e. The molecule has 2 aromatic carbocycles. The number of benzene rings is 2. The molecule has 0 aromatic heterocycles. The Morgan fingerprint density at radius 1 is 0.926 bits per heavy atom. The molecule has 2 aliphatic heterocycles. The van der Waals surface area contributed by atoms with Crippen LogP contribution < -0.4 is 14.8 Å². The maximum atomic E-state index is 12.9. The van der Waals surface area contributed by atoms with Gasteiger partial charge in [-0.25, -0.2) is 13.2 Å². The van der Waals surface area contributed by atoms with E-state index in [1.807, 2.05) is 18.2 Å². The maximum absolute atomic E-state index is 12.9. The minimum atomic E-state index is -3.65. The minimum absolute atomic E-state index is 0.0913. The van der Waals surface area contributed by atoms with Gasteiger partial charge in [-0.15, -0.1) is 0 Å². The second kappa shape index (κ2) is 7.09. The molecule has 4 rings (SSSR count). The van der Waals surface area contributed by atoms with Gasteiger partial charge >= 0.3 is 6.03 Å². The normalized spacial score (nSPS) is 17.0. The molecular formula is C18H19N3O5S. The number of rotatable bonds is 3. The Morgan fingerprint density at radius 2 is 1.63 bits per heavy atom. The van der Waals surface area contributed by atoms with E-state index in [2.05, 4.69) is 5.32 Å². The van der Waals surface area contributed by atoms with Crippen LogP contribution in [0.25, 0.3) is 0 Å². The van der Waals surface area contributed by atoms with Crippen molar-refractivity contribution in [1.82, 2.24) is 9.21 Å². The second-order valence-electron chi connectivity index (χ2n) is 6.20. The number of carbonyl (C=O) groups is 1. The van der Waals surface area contributed by atoms with Gasteiger partial charge in [-0.1, -0.05) is 18.2 Å². The number of para-hydroxylation sites is 1. The Kier molecular flexibility index (Phi) is 4.63. The summed E-state index contributed by atoms with van der Waals surface area (Å²) in [6, 6.07) is 13.5. The van der Waals surface area contributed by atoms with Crippen LogP contribution in [0, 0.1) is 0 Å². The average Bonchev–Trinajstić information content (AvgIpc) is 3.17. The predicted molar refractivity (Wildman–Crippen MR) is 98.4 cm³/mol. The Balaban J connectivity index is 1.40. The number of sulfonamides is 1. The number of hydrogen-bond donors (Lipinski definition) is 1. The first-order valence-corrected chi connectivity index (χ1v) is 9.99. The van der Waals surface area contributed by atoms with Crippen molar-refractivity contribution in [1.29, 1.82) is 0 Å². The number of nitrogens with one attached hydrogen (secondary N) is 1. The molecule has 0 bridgehead atoms. The molecule has 0 saturated carbocycles. The molecule has 0 radical (unpaired) electrons. The lowest BCUT2D eigenvalue weighted by molar-refractivity contribution is 0.174. The van der Waals surface area contributed by atoms with Crippen LogP contribution in [0.5, 0.6) is 11.5 Å². The summed E-state index contributed by atoms with van der Waals surface area (Å²) in [6.07, 6.45) is 0. The van der Waals surface area contributed by atoms with E-state index in [0.29, 0.717) is 30.3 Å². The van der Waals surface area contributed by atoms with Crippen LogP contribution in [0.3, 0.4) is 0 Å². The average molecular weight is 389 g/mol. The van der Waals surface area contributed by atoms with Gasteiger partial charge in [0.15, 0.2) is 11.5 Å². The highest BCUT2D eigenvalue weighted by molar-refractivity contribution is 7.89. The van der Waals surface area contributed by atoms with E-state index in [1.54, 1.807) is 23.1 Å². The fourth-order valence-electron chi connectivity index (χ4n) is 3.04. The van der Waals surface area contributed by atoms with E-state index < -0.39 is 10.0 Å². The molecule has 1 saturated heterocycles. The monoisotopic (exact) mass is 389 g/mol. The lowest BCUT2D eigenvalue weighted by Gasteiger charge is -2.34. The lowest BCUT2D eigenvalue weighted by Crippen LogP contribution is -2.51. The zero-order valence-electron chi connectivity index (χ0n) is 14.5. The summed E-state index contributed by atoms with van der Waals surface area (Å²) in [6.45, 7) is 1.21. The van der Waals surface area contributed by atoms with Crippen LogP contribution in [0.2, 0.25) is 0 Å². The van der Waals surface area contributed by atoms with Gasteiger partial charge in [-0.05, 0) is 24.3 Å². The smallest absolute Gasteiger partial charge is 0.321 e. The Morgan fingerprint density at radius 3 is 2.37 bits per heavy atom. The quantitative estimate of drug-likeness (QED) is 0.867. The van der Waals surface area contributed by atoms with E-state index in [4.69, 9.17) is 9.47 Å². The van der Waals surface area contributed by atoms with Gasteiger partial charge in [0.05, 0.1) is 4.90 Å². The SMILES string of the molecule is O=C(Nc1ccccc1)N1CCN(S(=O)(=O)c2ccc3c(c2)OCO3)CC1. The van der Waals surface area contributed by atoms with E-state index >= 15 is 0 Å². The van der Waals surface area contributed by atoms with Crippen molar-refractivity contribution >= 4 is 21.7 Å². The first-order valence-electron chi connectivity index (χ1n) is 8.55. The molecule has 1 N–H and O–H groups in total. The zero-order chi connectivity index (χ0) is 18.9. The third-order valence-corrected chi connectivity index (χ3v) is 6.43. The predicted octanol–water partition coefficient (Wildman–Crippen LogP) is 1.95. The van der Waals surface area contributed by atoms with Crippen LogP contribution in [-0.2, 0) is 10.0 Å². The third kappa shape index (κ3) is 3.56. The van der Waals surface area contributed by atoms with Crippen molar-refractivity contribution in [3.8, 4) is 11.5 Å². The molecule has 2 aromatic rings. The fraction of sp³-hybridized carbons (Fsp3) is 0.278. The van der Waals surface area contributed by atoms with Crippen molar-refractivity contribution in [3.63, 3.8) is 0 Å². The fourth-order valence-corrected chi connectivity index (χ4v) is 4.48. The highest BCUT2D eigenvalue weighted by atomic mass is 32.2. The number of carbonyl (C=O) groups excluding carboxylic acids is 1. The molecule has 1 fully saturated rings. The number of anilines is 1. The Hall–Kier alpha value is -2.78. The summed E-state index contributed by atoms with van der Waals surface area (Å²) in [4.78, 5) is 14.1. The number of hydrogen-bond acceptors (Lipinski definition) is 5. The van der Waals surface area contributed by atoms with Gasteiger partial charge in [-0.3, -0.25) is 0 Å². The van der Waals surface area contributed by atoms with Gasteiger partial charge in [0, 0.05) is 37.9 Å². The number of fused-ring (bicyclic) bond motifs is 1. The van der Waals surface area contributed by atoms with E-state index in [-0.39, 0.29) is 30.8 Å². The summed E-state index contributed by atoms with van der Waals surface area (Å²) >= 11 is 0. The van der Waals surface area contributed by atoms with Gasteiger partial charge in [0.25, 0.3) is 0 Å². The molecular weight excluding hydrogens is 370 g/mol. The molecule has 9 heteroatoms. The van der Waals surface area contributed by atoms with Gasteiger partial charge in [-0.2, -0.15) is 4.31 Å². The summed E-state index contributed by atoms with van der Waals surface area (Å²) in [5, 5.41) is 2.81. The lowest BCUT2D eigenvalue weighted by atomic mass is 10.3. The number of urea groups is 1. The second-order valence-corrected chi connectivity index (χ2v) is 8.14. The molecule has 0 unspecified atom stereocenters. The Labute approximate surface area is 157 Å². The molecule has 0 aliphatic carbocycles. The number of ether oxygens (including phenoxy) is 2. The van der Waals surface area contributed by atoms with Gasteiger partial charge in [0.2, 0.25) is 16.8 Å². The summed E-state index contributed by atoms with van der Waals surface area (Å²) in [5.74, 6) is 0.966. The summed E-state index contributed by atoms with van der Waals surface area (Å²) in [5.41, 5.74) is 0.706. The van der Waals surface area contributed by atoms with E-state index in [0.717, 1.165) is 0 Å². The van der Waals surface area contributed by atoms with Crippen LogP contribution in [0.1, 0.15) is 0 Å². The minimum Gasteiger partial charge on any atom is -0.454 e. The number of amides is 2. The van der Waals surface area contributed by atoms with Crippen molar-refractivity contribution in [2.75, 3.05) is 38.3 Å². The van der Waals surface area contributed by atoms with Crippen molar-refractivity contribution in [3.05, 3.63) is 48.5 Å². The number of piperazine rings is 1. The standard InChI is InChI=1S/C18H19N3O5S/c22-18(19-14-4-2-1-3-5-14)20-8-10-21(11-9-20)27(23,24)15-6-7-16-17(12-15)26-13-25-16/h1-7,12H,8-11,13H2,(H,19,22). The first kappa shape index (κ1) is 17.6. The zero-order valence-corrected chi connectivity index (χ0v) is 15.3. The summed E-state index contributed by atoms with van der Waals surface area (Å²) < 4.78 is 37.6. The number of nitrogens with zero attached hydrogens (tertiary/aromatic N) is 2. The van der Waals surface area contributed by atoms with Crippen molar-refractivity contribution in [2.24, 2.45) is 0 Å². The molecule has 0 spiro atoms. The van der Waals surface area contributed by atoms with Crippen LogP contribution in [0.4, 0.5) is 10.5 Å². The third-order valence-electron chi connectivity index (χ3n) is 4.53. The van der Waals surface area contributed by atoms with Crippen LogP contribution in [0.15, 0.2) is 53.4 Å². The van der Waals surface area contributed by atoms with E-state index in [9.17, 15) is 13.2 Å². The summed E-state index contributed by atoms with van der Waals surface area (Å²) in [7, 11) is -3.65. The van der Waals surface area contributed by atoms with E-state index in [1.165, 1.54) is 16.4 Å². The first-order chi connectivity index (χ1) is 13.0. The highest BCUT2D eigenvalue weighted by Gasteiger charge is 2.31. The molecule has 2 aliphatic rings. The van der Waals surface area contributed by atoms with Crippen molar-refractivity contribution in [2.45, 2.75) is 4.90 Å². The molecule has 2 heterocycles. The van der Waals surface area contributed by atoms with Crippen molar-refractivity contribution < 1.29 is 22.7 Å². The molecule has 8 nitrogen and oxygen atoms in total. The molecule has 2 amide bonds. The van der Waals surface area contributed by atoms with Gasteiger partial charge in [0.1, 0.15) is 0 Å². The molecule has 0 atom stereocenters. The van der Waals surface area contributed by atoms with Gasteiger partial charge < -0.3 is 19.7 Å². The van der Waals surface area contributed by atoms with Crippen LogP contribution >= 0.6 is 0 Å². The van der Waals surface area contributed by atoms with Crippen LogP contribution in [-0.4, -0.2) is 56.6 Å². The largest absolute Gasteiger partial charge is 0.454 e.